The third-order valence-electron chi connectivity index (χ3n) is 3.40. The van der Waals surface area contributed by atoms with Crippen molar-refractivity contribution in [3.63, 3.8) is 0 Å². The summed E-state index contributed by atoms with van der Waals surface area (Å²) in [6.07, 6.45) is 3.36. The first kappa shape index (κ1) is 17.8. The minimum atomic E-state index is -0.264. The molecule has 6 nitrogen and oxygen atoms in total. The van der Waals surface area contributed by atoms with E-state index in [0.717, 1.165) is 11.3 Å². The standard InChI is InChI=1S/C16H14Cl3N5O/c1-10-4-5-23(21-10)9-15(25)20-16-14(19)8-24(22-16)7-11-2-3-12(17)6-13(11)18/h2-6,8H,7,9H2,1H3,(H,20,22,25). The monoisotopic (exact) mass is 397 g/mol. The molecule has 25 heavy (non-hydrogen) atoms. The predicted molar refractivity (Wildman–Crippen MR) is 98.4 cm³/mol. The number of aromatic nitrogens is 4. The fourth-order valence-corrected chi connectivity index (χ4v) is 2.92. The Bertz CT molecular complexity index is 918. The Labute approximate surface area is 159 Å². The molecule has 0 unspecified atom stereocenters. The molecule has 0 spiro atoms. The van der Waals surface area contributed by atoms with Crippen molar-refractivity contribution in [3.05, 3.63) is 63.0 Å². The highest BCUT2D eigenvalue weighted by Crippen LogP contribution is 2.24. The molecule has 3 aromatic rings. The number of carbonyl (C=O) groups is 1. The molecule has 0 radical (unpaired) electrons. The van der Waals surface area contributed by atoms with Gasteiger partial charge in [-0.3, -0.25) is 14.2 Å². The summed E-state index contributed by atoms with van der Waals surface area (Å²) in [6.45, 7) is 2.35. The molecule has 0 saturated carbocycles. The average Bonchev–Trinajstić information content (AvgIpc) is 3.08. The van der Waals surface area contributed by atoms with Gasteiger partial charge in [0.05, 0.1) is 12.2 Å². The summed E-state index contributed by atoms with van der Waals surface area (Å²) in [7, 11) is 0. The summed E-state index contributed by atoms with van der Waals surface area (Å²) < 4.78 is 3.15. The molecule has 1 amide bonds. The molecular formula is C16H14Cl3N5O. The molecule has 0 atom stereocenters. The summed E-state index contributed by atoms with van der Waals surface area (Å²) in [5, 5.41) is 12.6. The number of carbonyl (C=O) groups excluding carboxylic acids is 1. The van der Waals surface area contributed by atoms with Crippen molar-refractivity contribution in [2.75, 3.05) is 5.32 Å². The number of rotatable bonds is 5. The van der Waals surface area contributed by atoms with Gasteiger partial charge in [-0.2, -0.15) is 10.2 Å². The van der Waals surface area contributed by atoms with Gasteiger partial charge in [0.15, 0.2) is 5.82 Å². The van der Waals surface area contributed by atoms with E-state index in [1.54, 1.807) is 33.9 Å². The maximum Gasteiger partial charge on any atom is 0.247 e. The number of benzene rings is 1. The van der Waals surface area contributed by atoms with E-state index in [4.69, 9.17) is 34.8 Å². The first-order chi connectivity index (χ1) is 11.9. The summed E-state index contributed by atoms with van der Waals surface area (Å²) in [4.78, 5) is 12.1. The lowest BCUT2D eigenvalue weighted by Crippen LogP contribution is -2.19. The maximum absolute atomic E-state index is 12.1. The molecule has 9 heteroatoms. The fraction of sp³-hybridized carbons (Fsp3) is 0.188. The molecule has 2 aromatic heterocycles. The minimum Gasteiger partial charge on any atom is -0.306 e. The van der Waals surface area contributed by atoms with Crippen molar-refractivity contribution in [1.82, 2.24) is 19.6 Å². The van der Waals surface area contributed by atoms with Gasteiger partial charge in [0.2, 0.25) is 5.91 Å². The summed E-state index contributed by atoms with van der Waals surface area (Å²) >= 11 is 18.2. The van der Waals surface area contributed by atoms with Crippen LogP contribution in [0.25, 0.3) is 0 Å². The Morgan fingerprint density at radius 1 is 1.12 bits per heavy atom. The second kappa shape index (κ2) is 7.47. The highest BCUT2D eigenvalue weighted by atomic mass is 35.5. The molecule has 1 N–H and O–H groups in total. The van der Waals surface area contributed by atoms with Crippen LogP contribution < -0.4 is 5.32 Å². The molecule has 0 aliphatic carbocycles. The zero-order valence-electron chi connectivity index (χ0n) is 13.2. The highest BCUT2D eigenvalue weighted by Gasteiger charge is 2.12. The Morgan fingerprint density at radius 3 is 2.60 bits per heavy atom. The maximum atomic E-state index is 12.1. The van der Waals surface area contributed by atoms with E-state index in [1.165, 1.54) is 0 Å². The van der Waals surface area contributed by atoms with E-state index in [0.29, 0.717) is 27.4 Å². The van der Waals surface area contributed by atoms with Gasteiger partial charge in [-0.05, 0) is 30.7 Å². The number of hydrogen-bond acceptors (Lipinski definition) is 3. The van der Waals surface area contributed by atoms with Crippen molar-refractivity contribution in [3.8, 4) is 0 Å². The molecule has 0 saturated heterocycles. The number of halogens is 3. The lowest BCUT2D eigenvalue weighted by molar-refractivity contribution is -0.116. The van der Waals surface area contributed by atoms with Crippen molar-refractivity contribution >= 4 is 46.5 Å². The molecule has 0 fully saturated rings. The van der Waals surface area contributed by atoms with Crippen molar-refractivity contribution in [2.45, 2.75) is 20.0 Å². The van der Waals surface area contributed by atoms with Gasteiger partial charge in [-0.25, -0.2) is 0 Å². The first-order valence-electron chi connectivity index (χ1n) is 7.37. The van der Waals surface area contributed by atoms with Crippen LogP contribution in [-0.2, 0) is 17.9 Å². The lowest BCUT2D eigenvalue weighted by atomic mass is 10.2. The SMILES string of the molecule is Cc1ccn(CC(=O)Nc2nn(Cc3ccc(Cl)cc3Cl)cc2Cl)n1. The van der Waals surface area contributed by atoms with E-state index in [-0.39, 0.29) is 12.5 Å². The van der Waals surface area contributed by atoms with E-state index in [9.17, 15) is 4.79 Å². The topological polar surface area (TPSA) is 64.7 Å². The second-order valence-electron chi connectivity index (χ2n) is 5.46. The zero-order valence-corrected chi connectivity index (χ0v) is 15.5. The normalized spacial score (nSPS) is 10.9. The number of nitrogens with one attached hydrogen (secondary N) is 1. The Balaban J connectivity index is 1.68. The van der Waals surface area contributed by atoms with E-state index in [1.807, 2.05) is 19.1 Å². The van der Waals surface area contributed by atoms with Crippen molar-refractivity contribution in [1.29, 1.82) is 0 Å². The van der Waals surface area contributed by atoms with Crippen LogP contribution in [0.15, 0.2) is 36.7 Å². The van der Waals surface area contributed by atoms with Gasteiger partial charge < -0.3 is 5.32 Å². The molecule has 0 aliphatic rings. The van der Waals surface area contributed by atoms with Crippen molar-refractivity contribution in [2.24, 2.45) is 0 Å². The third kappa shape index (κ3) is 4.54. The van der Waals surface area contributed by atoms with Gasteiger partial charge in [0.1, 0.15) is 11.6 Å². The lowest BCUT2D eigenvalue weighted by Gasteiger charge is -2.05. The molecule has 2 heterocycles. The van der Waals surface area contributed by atoms with Crippen molar-refractivity contribution < 1.29 is 4.79 Å². The third-order valence-corrected chi connectivity index (χ3v) is 4.27. The zero-order chi connectivity index (χ0) is 18.0. The van der Waals surface area contributed by atoms with Crippen LogP contribution in [0.2, 0.25) is 15.1 Å². The Kier molecular flexibility index (Phi) is 5.32. The van der Waals surface area contributed by atoms with Crippen LogP contribution in [0.1, 0.15) is 11.3 Å². The van der Waals surface area contributed by atoms with Gasteiger partial charge in [-0.1, -0.05) is 40.9 Å². The van der Waals surface area contributed by atoms with Crippen LogP contribution in [0.5, 0.6) is 0 Å². The summed E-state index contributed by atoms with van der Waals surface area (Å²) in [5.41, 5.74) is 1.69. The first-order valence-corrected chi connectivity index (χ1v) is 8.51. The largest absolute Gasteiger partial charge is 0.306 e. The average molecular weight is 399 g/mol. The molecule has 3 rings (SSSR count). The number of aryl methyl sites for hydroxylation is 1. The minimum absolute atomic E-state index is 0.0834. The van der Waals surface area contributed by atoms with Gasteiger partial charge in [-0.15, -0.1) is 0 Å². The van der Waals surface area contributed by atoms with Crippen LogP contribution in [-0.4, -0.2) is 25.5 Å². The highest BCUT2D eigenvalue weighted by molar-refractivity contribution is 6.35. The quantitative estimate of drug-likeness (QED) is 0.705. The predicted octanol–water partition coefficient (Wildman–Crippen LogP) is 4.04. The molecule has 0 aliphatic heterocycles. The van der Waals surface area contributed by atoms with E-state index in [2.05, 4.69) is 15.5 Å². The molecular weight excluding hydrogens is 385 g/mol. The van der Waals surface area contributed by atoms with Gasteiger partial charge in [0.25, 0.3) is 0 Å². The fourth-order valence-electron chi connectivity index (χ4n) is 2.26. The molecule has 0 bridgehead atoms. The van der Waals surface area contributed by atoms with E-state index >= 15 is 0 Å². The van der Waals surface area contributed by atoms with Gasteiger partial charge >= 0.3 is 0 Å². The van der Waals surface area contributed by atoms with E-state index < -0.39 is 0 Å². The van der Waals surface area contributed by atoms with Crippen LogP contribution in [0.3, 0.4) is 0 Å². The number of hydrogen-bond donors (Lipinski definition) is 1. The summed E-state index contributed by atoms with van der Waals surface area (Å²) in [6, 6.07) is 7.06. The van der Waals surface area contributed by atoms with Crippen LogP contribution in [0.4, 0.5) is 5.82 Å². The number of nitrogens with zero attached hydrogens (tertiary/aromatic N) is 4. The Morgan fingerprint density at radius 2 is 1.92 bits per heavy atom. The Hall–Kier alpha value is -2.02. The number of anilines is 1. The number of amides is 1. The van der Waals surface area contributed by atoms with Gasteiger partial charge in [0, 0.05) is 22.4 Å². The smallest absolute Gasteiger partial charge is 0.247 e. The summed E-state index contributed by atoms with van der Waals surface area (Å²) in [5.74, 6) is 0.0282. The van der Waals surface area contributed by atoms with Crippen LogP contribution >= 0.6 is 34.8 Å². The second-order valence-corrected chi connectivity index (χ2v) is 6.71. The molecule has 1 aromatic carbocycles. The van der Waals surface area contributed by atoms with Crippen LogP contribution in [0, 0.1) is 6.92 Å². The molecule has 130 valence electrons.